The molecule has 5 rings (SSSR count). The van der Waals surface area contributed by atoms with E-state index in [4.69, 9.17) is 16.3 Å². The van der Waals surface area contributed by atoms with Crippen molar-refractivity contribution in [3.8, 4) is 5.75 Å². The summed E-state index contributed by atoms with van der Waals surface area (Å²) < 4.78 is 6.03. The van der Waals surface area contributed by atoms with Crippen molar-refractivity contribution in [3.63, 3.8) is 0 Å². The highest BCUT2D eigenvalue weighted by atomic mass is 35.5. The number of ketones is 1. The molecule has 0 unspecified atom stereocenters. The van der Waals surface area contributed by atoms with Crippen molar-refractivity contribution in [1.82, 2.24) is 20.5 Å². The lowest BCUT2D eigenvalue weighted by Gasteiger charge is -2.23. The summed E-state index contributed by atoms with van der Waals surface area (Å²) in [6.45, 7) is 2.03. The third-order valence-corrected chi connectivity index (χ3v) is 5.82. The number of allylic oxidation sites excluding steroid dienone is 1. The summed E-state index contributed by atoms with van der Waals surface area (Å²) in [5.41, 5.74) is 2.80. The SMILES string of the molecule is O=C1C(=Cc2n[nH]c3ncccc23)Oc2c1ccc(Cl)c2CC1CCNCC1. The van der Waals surface area contributed by atoms with Crippen LogP contribution in [0.1, 0.15) is 34.5 Å². The van der Waals surface area contributed by atoms with Gasteiger partial charge in [0.05, 0.1) is 11.3 Å². The number of hydrogen-bond acceptors (Lipinski definition) is 5. The Hall–Kier alpha value is -2.70. The number of Topliss-reactive ketones (excluding diaryl/α,β-unsaturated/α-hetero) is 1. The van der Waals surface area contributed by atoms with Gasteiger partial charge in [-0.25, -0.2) is 4.98 Å². The van der Waals surface area contributed by atoms with Crippen molar-refractivity contribution < 1.29 is 9.53 Å². The molecule has 1 saturated heterocycles. The second-order valence-electron chi connectivity index (χ2n) is 7.25. The normalized spacial score (nSPS) is 18.6. The molecule has 0 saturated carbocycles. The Kier molecular flexibility index (Phi) is 4.37. The lowest BCUT2D eigenvalue weighted by molar-refractivity contribution is 0.101. The van der Waals surface area contributed by atoms with Gasteiger partial charge in [-0.15, -0.1) is 0 Å². The van der Waals surface area contributed by atoms with Crippen molar-refractivity contribution >= 4 is 34.5 Å². The summed E-state index contributed by atoms with van der Waals surface area (Å²) in [5.74, 6) is 1.26. The average molecular weight is 395 g/mol. The van der Waals surface area contributed by atoms with E-state index in [0.29, 0.717) is 33.6 Å². The van der Waals surface area contributed by atoms with Crippen LogP contribution in [0.25, 0.3) is 17.1 Å². The third kappa shape index (κ3) is 2.99. The van der Waals surface area contributed by atoms with Crippen LogP contribution in [0, 0.1) is 5.92 Å². The molecule has 0 radical (unpaired) electrons. The summed E-state index contributed by atoms with van der Waals surface area (Å²) in [4.78, 5) is 17.1. The van der Waals surface area contributed by atoms with Crippen molar-refractivity contribution in [2.75, 3.05) is 13.1 Å². The standard InChI is InChI=1S/C21H19ClN4O2/c22-16-4-3-14-19(27)18(11-17-13-2-1-7-24-21(13)26-25-17)28-20(14)15(16)10-12-5-8-23-9-6-12/h1-4,7,11-12,23H,5-6,8-10H2,(H,24,25,26). The van der Waals surface area contributed by atoms with E-state index in [1.165, 1.54) is 0 Å². The molecule has 0 bridgehead atoms. The van der Waals surface area contributed by atoms with Crippen LogP contribution in [-0.4, -0.2) is 34.1 Å². The summed E-state index contributed by atoms with van der Waals surface area (Å²) in [6, 6.07) is 7.29. The number of fused-ring (bicyclic) bond motifs is 2. The summed E-state index contributed by atoms with van der Waals surface area (Å²) >= 11 is 6.49. The zero-order chi connectivity index (χ0) is 19.1. The number of aromatic nitrogens is 3. The number of benzene rings is 1. The molecule has 3 aromatic rings. The summed E-state index contributed by atoms with van der Waals surface area (Å²) in [7, 11) is 0. The molecule has 142 valence electrons. The maximum Gasteiger partial charge on any atom is 0.232 e. The van der Waals surface area contributed by atoms with E-state index in [-0.39, 0.29) is 11.5 Å². The first kappa shape index (κ1) is 17.4. The minimum Gasteiger partial charge on any atom is -0.452 e. The maximum absolute atomic E-state index is 12.9. The minimum absolute atomic E-state index is 0.140. The predicted molar refractivity (Wildman–Crippen MR) is 108 cm³/mol. The van der Waals surface area contributed by atoms with Crippen molar-refractivity contribution in [2.45, 2.75) is 19.3 Å². The topological polar surface area (TPSA) is 79.9 Å². The van der Waals surface area contributed by atoms with Crippen LogP contribution >= 0.6 is 11.6 Å². The number of aromatic amines is 1. The quantitative estimate of drug-likeness (QED) is 0.661. The minimum atomic E-state index is -0.140. The average Bonchev–Trinajstić information content (AvgIpc) is 3.27. The van der Waals surface area contributed by atoms with Crippen LogP contribution in [0.15, 0.2) is 36.2 Å². The zero-order valence-electron chi connectivity index (χ0n) is 15.2. The van der Waals surface area contributed by atoms with Gasteiger partial charge in [-0.1, -0.05) is 11.6 Å². The lowest BCUT2D eigenvalue weighted by Crippen LogP contribution is -2.28. The van der Waals surface area contributed by atoms with Gasteiger partial charge in [0.2, 0.25) is 5.78 Å². The molecule has 1 aromatic carbocycles. The fourth-order valence-electron chi connectivity index (χ4n) is 3.96. The highest BCUT2D eigenvalue weighted by molar-refractivity contribution is 6.32. The second-order valence-corrected chi connectivity index (χ2v) is 7.66. The van der Waals surface area contributed by atoms with Crippen molar-refractivity contribution in [1.29, 1.82) is 0 Å². The molecule has 1 fully saturated rings. The number of halogens is 1. The van der Waals surface area contributed by atoms with E-state index >= 15 is 0 Å². The second kappa shape index (κ2) is 7.04. The number of ether oxygens (including phenoxy) is 1. The van der Waals surface area contributed by atoms with Gasteiger partial charge >= 0.3 is 0 Å². The molecule has 2 N–H and O–H groups in total. The molecule has 2 aliphatic heterocycles. The van der Waals surface area contributed by atoms with Crippen LogP contribution in [0.5, 0.6) is 5.75 Å². The Balaban J connectivity index is 1.50. The lowest BCUT2D eigenvalue weighted by atomic mass is 9.90. The Morgan fingerprint density at radius 3 is 2.96 bits per heavy atom. The van der Waals surface area contributed by atoms with Crippen molar-refractivity contribution in [3.05, 3.63) is 58.1 Å². The molecular formula is C21H19ClN4O2. The number of rotatable bonds is 3. The van der Waals surface area contributed by atoms with Crippen LogP contribution in [0.3, 0.4) is 0 Å². The summed E-state index contributed by atoms with van der Waals surface area (Å²) in [6.07, 6.45) is 6.38. The number of pyridine rings is 1. The van der Waals surface area contributed by atoms with E-state index in [1.807, 2.05) is 12.1 Å². The number of carbonyl (C=O) groups excluding carboxylic acids is 1. The van der Waals surface area contributed by atoms with Crippen molar-refractivity contribution in [2.24, 2.45) is 5.92 Å². The first-order chi connectivity index (χ1) is 13.7. The van der Waals surface area contributed by atoms with Crippen LogP contribution in [-0.2, 0) is 6.42 Å². The molecular weight excluding hydrogens is 376 g/mol. The highest BCUT2D eigenvalue weighted by Gasteiger charge is 2.32. The smallest absolute Gasteiger partial charge is 0.232 e. The number of nitrogens with one attached hydrogen (secondary N) is 2. The fraction of sp³-hybridized carbons (Fsp3) is 0.286. The van der Waals surface area contributed by atoms with Gasteiger partial charge in [0, 0.05) is 28.2 Å². The molecule has 0 atom stereocenters. The molecule has 28 heavy (non-hydrogen) atoms. The number of piperidine rings is 1. The molecule has 4 heterocycles. The molecule has 2 aliphatic rings. The zero-order valence-corrected chi connectivity index (χ0v) is 15.9. The van der Waals surface area contributed by atoms with E-state index in [9.17, 15) is 4.79 Å². The van der Waals surface area contributed by atoms with Crippen LogP contribution < -0.4 is 10.1 Å². The van der Waals surface area contributed by atoms with Gasteiger partial charge in [-0.3, -0.25) is 9.89 Å². The largest absolute Gasteiger partial charge is 0.452 e. The van der Waals surface area contributed by atoms with Crippen LogP contribution in [0.2, 0.25) is 5.02 Å². The van der Waals surface area contributed by atoms with Gasteiger partial charge in [-0.2, -0.15) is 5.10 Å². The Labute approximate surface area is 166 Å². The Morgan fingerprint density at radius 2 is 2.11 bits per heavy atom. The van der Waals surface area contributed by atoms with Gasteiger partial charge in [-0.05, 0) is 62.5 Å². The highest BCUT2D eigenvalue weighted by Crippen LogP contribution is 2.40. The predicted octanol–water partition coefficient (Wildman–Crippen LogP) is 3.77. The van der Waals surface area contributed by atoms with E-state index in [0.717, 1.165) is 43.3 Å². The molecule has 0 aliphatic carbocycles. The van der Waals surface area contributed by atoms with Gasteiger partial charge in [0.1, 0.15) is 5.75 Å². The van der Waals surface area contributed by atoms with E-state index < -0.39 is 0 Å². The summed E-state index contributed by atoms with van der Waals surface area (Å²) in [5, 5.41) is 12.0. The molecule has 0 spiro atoms. The number of carbonyl (C=O) groups is 1. The molecule has 2 aromatic heterocycles. The number of nitrogens with zero attached hydrogens (tertiary/aromatic N) is 2. The van der Waals surface area contributed by atoms with Crippen LogP contribution in [0.4, 0.5) is 0 Å². The monoisotopic (exact) mass is 394 g/mol. The molecule has 7 heteroatoms. The first-order valence-electron chi connectivity index (χ1n) is 9.46. The van der Waals surface area contributed by atoms with Gasteiger partial charge in [0.15, 0.2) is 11.4 Å². The fourth-order valence-corrected chi connectivity index (χ4v) is 4.18. The van der Waals surface area contributed by atoms with E-state index in [1.54, 1.807) is 24.4 Å². The molecule has 6 nitrogen and oxygen atoms in total. The Morgan fingerprint density at radius 1 is 1.25 bits per heavy atom. The third-order valence-electron chi connectivity index (χ3n) is 5.47. The van der Waals surface area contributed by atoms with E-state index in [2.05, 4.69) is 20.5 Å². The Bertz CT molecular complexity index is 1100. The number of hydrogen-bond donors (Lipinski definition) is 2. The molecule has 0 amide bonds. The number of H-pyrrole nitrogens is 1. The van der Waals surface area contributed by atoms with Gasteiger partial charge in [0.25, 0.3) is 0 Å². The first-order valence-corrected chi connectivity index (χ1v) is 9.84. The van der Waals surface area contributed by atoms with Gasteiger partial charge < -0.3 is 10.1 Å². The maximum atomic E-state index is 12.9.